The third-order valence-corrected chi connectivity index (χ3v) is 8.84. The van der Waals surface area contributed by atoms with E-state index >= 15 is 8.78 Å². The third kappa shape index (κ3) is 5.01. The Morgan fingerprint density at radius 3 is 1.98 bits per heavy atom. The normalized spacial score (nSPS) is 18.8. The Hall–Kier alpha value is -2.29. The molecule has 0 unspecified atom stereocenters. The van der Waals surface area contributed by atoms with Crippen LogP contribution in [0.2, 0.25) is 0 Å². The zero-order valence-corrected chi connectivity index (χ0v) is 22.8. The summed E-state index contributed by atoms with van der Waals surface area (Å²) in [5.74, 6) is -2.26. The molecule has 2 aromatic carbocycles. The third-order valence-electron chi connectivity index (χ3n) is 7.64. The van der Waals surface area contributed by atoms with Gasteiger partial charge >= 0.3 is 12.4 Å². The topological polar surface area (TPSA) is 60.9 Å². The van der Waals surface area contributed by atoms with Gasteiger partial charge in [0.25, 0.3) is 5.60 Å². The van der Waals surface area contributed by atoms with Crippen LogP contribution >= 0.6 is 0 Å². The van der Waals surface area contributed by atoms with E-state index in [1.807, 2.05) is 4.90 Å². The second kappa shape index (κ2) is 9.63. The van der Waals surface area contributed by atoms with Gasteiger partial charge < -0.3 is 5.11 Å². The highest BCUT2D eigenvalue weighted by Crippen LogP contribution is 2.51. The Kier molecular flexibility index (Phi) is 7.38. The standard InChI is InChI=1S/C26H28F8N2O3S/c1-14(2)20-21(18-6-5-17(7-15(18)3)24(37,25(29,30)31)26(32,33)34)19(27)8-16(22(20)28)9-35-10-23(11-35)12-36(13-23)40(4,38)39/h5-8,14,37H,9-13H2,1-4H3. The Morgan fingerprint density at radius 2 is 1.52 bits per heavy atom. The van der Waals surface area contributed by atoms with Gasteiger partial charge in [0, 0.05) is 60.4 Å². The molecule has 2 fully saturated rings. The monoisotopic (exact) mass is 600 g/mol. The maximum absolute atomic E-state index is 15.8. The van der Waals surface area contributed by atoms with Crippen LogP contribution in [-0.2, 0) is 22.2 Å². The van der Waals surface area contributed by atoms with E-state index in [0.29, 0.717) is 38.3 Å². The summed E-state index contributed by atoms with van der Waals surface area (Å²) in [6.45, 7) is 6.01. The van der Waals surface area contributed by atoms with Crippen molar-refractivity contribution in [1.29, 1.82) is 0 Å². The number of halogens is 8. The van der Waals surface area contributed by atoms with Crippen molar-refractivity contribution in [2.45, 2.75) is 51.2 Å². The molecule has 40 heavy (non-hydrogen) atoms. The van der Waals surface area contributed by atoms with Crippen LogP contribution in [0.5, 0.6) is 0 Å². The van der Waals surface area contributed by atoms with Gasteiger partial charge in [-0.1, -0.05) is 32.0 Å². The fourth-order valence-corrected chi connectivity index (χ4v) is 6.70. The van der Waals surface area contributed by atoms with E-state index in [1.54, 1.807) is 13.8 Å². The number of alkyl halides is 6. The second-order valence-corrected chi connectivity index (χ2v) is 13.2. The molecule has 1 spiro atoms. The number of sulfonamides is 1. The van der Waals surface area contributed by atoms with Gasteiger partial charge in [0.05, 0.1) is 6.26 Å². The first kappa shape index (κ1) is 30.7. The Balaban J connectivity index is 1.66. The smallest absolute Gasteiger partial charge is 0.369 e. The first-order chi connectivity index (χ1) is 18.1. The summed E-state index contributed by atoms with van der Waals surface area (Å²) < 4.78 is 136. The zero-order valence-electron chi connectivity index (χ0n) is 22.0. The van der Waals surface area contributed by atoms with Crippen molar-refractivity contribution in [1.82, 2.24) is 9.21 Å². The fraction of sp³-hybridized carbons (Fsp3) is 0.538. The second-order valence-electron chi connectivity index (χ2n) is 11.2. The van der Waals surface area contributed by atoms with Crippen molar-refractivity contribution < 1.29 is 48.6 Å². The van der Waals surface area contributed by atoms with E-state index < -0.39 is 51.1 Å². The summed E-state index contributed by atoms with van der Waals surface area (Å²) in [6, 6.07) is 2.67. The largest absolute Gasteiger partial charge is 0.430 e. The van der Waals surface area contributed by atoms with Gasteiger partial charge in [0.1, 0.15) is 11.6 Å². The molecule has 0 saturated carbocycles. The van der Waals surface area contributed by atoms with Crippen LogP contribution in [0.3, 0.4) is 0 Å². The highest BCUT2D eigenvalue weighted by Gasteiger charge is 2.71. The number of aliphatic hydroxyl groups is 1. The number of hydrogen-bond donors (Lipinski definition) is 1. The van der Waals surface area contributed by atoms with Crippen LogP contribution in [0, 0.1) is 24.0 Å². The SMILES string of the molecule is Cc1cc(C(O)(C(F)(F)F)C(F)(F)F)ccc1-c1c(F)cc(CN2CC3(C2)CN(S(C)(=O)=O)C3)c(F)c1C(C)C. The minimum atomic E-state index is -6.08. The summed E-state index contributed by atoms with van der Waals surface area (Å²) in [5.41, 5.74) is -7.55. The lowest BCUT2D eigenvalue weighted by molar-refractivity contribution is -0.376. The molecule has 4 rings (SSSR count). The molecule has 2 saturated heterocycles. The van der Waals surface area contributed by atoms with E-state index in [0.717, 1.165) is 25.3 Å². The summed E-state index contributed by atoms with van der Waals surface area (Å²) in [4.78, 5) is 1.84. The number of benzene rings is 2. The molecular formula is C26H28F8N2O3S. The molecule has 0 atom stereocenters. The van der Waals surface area contributed by atoms with Crippen molar-refractivity contribution in [2.75, 3.05) is 32.4 Å². The first-order valence-electron chi connectivity index (χ1n) is 12.3. The number of hydrogen-bond acceptors (Lipinski definition) is 4. The maximum Gasteiger partial charge on any atom is 0.430 e. The van der Waals surface area contributed by atoms with Gasteiger partial charge in [-0.2, -0.15) is 26.3 Å². The van der Waals surface area contributed by atoms with Crippen LogP contribution < -0.4 is 0 Å². The van der Waals surface area contributed by atoms with Crippen LogP contribution in [0.25, 0.3) is 11.1 Å². The highest BCUT2D eigenvalue weighted by atomic mass is 32.2. The van der Waals surface area contributed by atoms with Gasteiger partial charge in [-0.05, 0) is 30.0 Å². The Bertz CT molecular complexity index is 1410. The quantitative estimate of drug-likeness (QED) is 0.448. The van der Waals surface area contributed by atoms with Crippen molar-refractivity contribution in [3.63, 3.8) is 0 Å². The minimum Gasteiger partial charge on any atom is -0.369 e. The molecule has 2 heterocycles. The van der Waals surface area contributed by atoms with Gasteiger partial charge in [-0.3, -0.25) is 4.90 Å². The Labute approximate surface area is 226 Å². The van der Waals surface area contributed by atoms with E-state index in [-0.39, 0.29) is 39.8 Å². The molecule has 0 bridgehead atoms. The molecule has 5 nitrogen and oxygen atoms in total. The molecule has 0 amide bonds. The molecule has 0 radical (unpaired) electrons. The van der Waals surface area contributed by atoms with Gasteiger partial charge in [-0.15, -0.1) is 0 Å². The van der Waals surface area contributed by atoms with Crippen molar-refractivity contribution in [3.8, 4) is 11.1 Å². The average Bonchev–Trinajstić information content (AvgIpc) is 2.73. The average molecular weight is 601 g/mol. The summed E-state index contributed by atoms with van der Waals surface area (Å²) in [7, 11) is -3.30. The Morgan fingerprint density at radius 1 is 0.975 bits per heavy atom. The molecule has 14 heteroatoms. The zero-order chi connectivity index (χ0) is 30.2. The van der Waals surface area contributed by atoms with Crippen LogP contribution in [0.1, 0.15) is 42.0 Å². The first-order valence-corrected chi connectivity index (χ1v) is 14.1. The lowest BCUT2D eigenvalue weighted by atomic mass is 9.74. The molecular weight excluding hydrogens is 572 g/mol. The van der Waals surface area contributed by atoms with E-state index in [4.69, 9.17) is 0 Å². The number of likely N-dealkylation sites (tertiary alicyclic amines) is 1. The van der Waals surface area contributed by atoms with Crippen molar-refractivity contribution >= 4 is 10.0 Å². The molecule has 2 aliphatic heterocycles. The highest BCUT2D eigenvalue weighted by molar-refractivity contribution is 7.88. The van der Waals surface area contributed by atoms with E-state index in [9.17, 15) is 39.9 Å². The molecule has 222 valence electrons. The molecule has 0 aromatic heterocycles. The molecule has 1 N–H and O–H groups in total. The van der Waals surface area contributed by atoms with Crippen LogP contribution in [0.15, 0.2) is 24.3 Å². The van der Waals surface area contributed by atoms with Crippen molar-refractivity contribution in [2.24, 2.45) is 5.41 Å². The molecule has 0 aliphatic carbocycles. The van der Waals surface area contributed by atoms with Crippen LogP contribution in [-0.4, -0.2) is 67.5 Å². The summed E-state index contributed by atoms with van der Waals surface area (Å²) in [6.07, 6.45) is -11.1. The lowest BCUT2D eigenvalue weighted by Gasteiger charge is -2.59. The fourth-order valence-electron chi connectivity index (χ4n) is 5.68. The van der Waals surface area contributed by atoms with Gasteiger partial charge in [-0.25, -0.2) is 21.5 Å². The van der Waals surface area contributed by atoms with Crippen molar-refractivity contribution in [3.05, 3.63) is 58.2 Å². The molecule has 2 aromatic rings. The minimum absolute atomic E-state index is 0.0249. The predicted octanol–water partition coefficient (Wildman–Crippen LogP) is 5.45. The maximum atomic E-state index is 15.8. The number of rotatable bonds is 6. The lowest BCUT2D eigenvalue weighted by Crippen LogP contribution is -2.72. The summed E-state index contributed by atoms with van der Waals surface area (Å²) in [5, 5.41) is 9.72. The van der Waals surface area contributed by atoms with Crippen LogP contribution in [0.4, 0.5) is 35.1 Å². The van der Waals surface area contributed by atoms with Gasteiger partial charge in [0.2, 0.25) is 10.0 Å². The number of aryl methyl sites for hydroxylation is 1. The molecule has 2 aliphatic rings. The number of nitrogens with zero attached hydrogens (tertiary/aromatic N) is 2. The van der Waals surface area contributed by atoms with Gasteiger partial charge in [0.15, 0.2) is 0 Å². The summed E-state index contributed by atoms with van der Waals surface area (Å²) >= 11 is 0. The van der Waals surface area contributed by atoms with E-state index in [1.165, 1.54) is 4.31 Å². The van der Waals surface area contributed by atoms with E-state index in [2.05, 4.69) is 0 Å². The predicted molar refractivity (Wildman–Crippen MR) is 131 cm³/mol.